The van der Waals surface area contributed by atoms with Gasteiger partial charge in [-0.05, 0) is 12.8 Å². The standard InChI is InChI=1S/C13H13N3O3S/c14-5-8-11(19)16-12(20-7-10(17)18)9(6-15)13(8)3-1-2-4-13/h8H,1-4,7H2,(H,16,19)(H,17,18)/t8-/m1/s1. The first-order chi connectivity index (χ1) is 9.55. The van der Waals surface area contributed by atoms with E-state index in [9.17, 15) is 20.1 Å². The predicted molar refractivity (Wildman–Crippen MR) is 70.9 cm³/mol. The van der Waals surface area contributed by atoms with E-state index < -0.39 is 23.2 Å². The Kier molecular flexibility index (Phi) is 4.01. The zero-order valence-electron chi connectivity index (χ0n) is 10.7. The van der Waals surface area contributed by atoms with Crippen molar-refractivity contribution < 1.29 is 14.7 Å². The maximum atomic E-state index is 12.1. The van der Waals surface area contributed by atoms with Crippen LogP contribution in [0.15, 0.2) is 10.6 Å². The Bertz CT molecular complexity index is 564. The molecule has 2 N–H and O–H groups in total. The first-order valence-electron chi connectivity index (χ1n) is 6.25. The number of rotatable bonds is 3. The lowest BCUT2D eigenvalue weighted by Gasteiger charge is -2.37. The molecule has 1 saturated carbocycles. The second-order valence-electron chi connectivity index (χ2n) is 4.91. The predicted octanol–water partition coefficient (Wildman–Crippen LogP) is 1.37. The monoisotopic (exact) mass is 291 g/mol. The van der Waals surface area contributed by atoms with Crippen molar-refractivity contribution in [3.63, 3.8) is 0 Å². The van der Waals surface area contributed by atoms with Crippen molar-refractivity contribution in [2.75, 3.05) is 5.75 Å². The van der Waals surface area contributed by atoms with E-state index in [-0.39, 0.29) is 5.75 Å². The van der Waals surface area contributed by atoms with Crippen LogP contribution in [0.2, 0.25) is 0 Å². The lowest BCUT2D eigenvalue weighted by Crippen LogP contribution is -2.46. The summed E-state index contributed by atoms with van der Waals surface area (Å²) in [5, 5.41) is 30.2. The van der Waals surface area contributed by atoms with Crippen molar-refractivity contribution in [1.29, 1.82) is 10.5 Å². The van der Waals surface area contributed by atoms with Crippen LogP contribution >= 0.6 is 11.8 Å². The van der Waals surface area contributed by atoms with Gasteiger partial charge in [-0.25, -0.2) is 0 Å². The molecule has 2 aliphatic rings. The summed E-state index contributed by atoms with van der Waals surface area (Å²) < 4.78 is 0. The van der Waals surface area contributed by atoms with Gasteiger partial charge in [-0.3, -0.25) is 9.59 Å². The normalized spacial score (nSPS) is 24.1. The van der Waals surface area contributed by atoms with E-state index in [0.29, 0.717) is 23.4 Å². The highest BCUT2D eigenvalue weighted by molar-refractivity contribution is 8.03. The number of nitrogens with one attached hydrogen (secondary N) is 1. The maximum Gasteiger partial charge on any atom is 0.313 e. The number of carboxylic acids is 1. The van der Waals surface area contributed by atoms with E-state index in [1.807, 2.05) is 6.07 Å². The zero-order chi connectivity index (χ0) is 14.8. The number of carbonyl (C=O) groups is 2. The third-order valence-electron chi connectivity index (χ3n) is 3.85. The molecule has 1 atom stereocenters. The summed E-state index contributed by atoms with van der Waals surface area (Å²) in [6.07, 6.45) is 2.98. The van der Waals surface area contributed by atoms with Gasteiger partial charge in [-0.15, -0.1) is 0 Å². The number of hydrogen-bond acceptors (Lipinski definition) is 5. The van der Waals surface area contributed by atoms with Crippen molar-refractivity contribution in [2.24, 2.45) is 11.3 Å². The lowest BCUT2D eigenvalue weighted by atomic mass is 9.67. The van der Waals surface area contributed by atoms with Crippen LogP contribution in [0, 0.1) is 34.0 Å². The molecule has 1 fully saturated rings. The van der Waals surface area contributed by atoms with Gasteiger partial charge in [0, 0.05) is 5.41 Å². The molecular formula is C13H13N3O3S. The van der Waals surface area contributed by atoms with Crippen molar-refractivity contribution in [3.05, 3.63) is 10.6 Å². The summed E-state index contributed by atoms with van der Waals surface area (Å²) in [6.45, 7) is 0. The number of thioether (sulfide) groups is 1. The Hall–Kier alpha value is -1.99. The van der Waals surface area contributed by atoms with Crippen molar-refractivity contribution in [2.45, 2.75) is 25.7 Å². The molecular weight excluding hydrogens is 278 g/mol. The van der Waals surface area contributed by atoms with E-state index in [1.54, 1.807) is 0 Å². The number of amides is 1. The van der Waals surface area contributed by atoms with Crippen molar-refractivity contribution >= 4 is 23.6 Å². The summed E-state index contributed by atoms with van der Waals surface area (Å²) in [5.41, 5.74) is -0.362. The minimum absolute atomic E-state index is 0.228. The Balaban J connectivity index is 2.46. The van der Waals surface area contributed by atoms with Crippen LogP contribution in [0.4, 0.5) is 0 Å². The fraction of sp³-hybridized carbons (Fsp3) is 0.538. The molecule has 1 heterocycles. The Morgan fingerprint density at radius 2 is 2.10 bits per heavy atom. The molecule has 0 aromatic rings. The number of aliphatic carboxylic acids is 1. The minimum atomic E-state index is -1.02. The molecule has 20 heavy (non-hydrogen) atoms. The topological polar surface area (TPSA) is 114 Å². The van der Waals surface area contributed by atoms with Crippen LogP contribution in [0.5, 0.6) is 0 Å². The molecule has 0 unspecified atom stereocenters. The Labute approximate surface area is 120 Å². The second-order valence-corrected chi connectivity index (χ2v) is 5.90. The molecule has 1 spiro atoms. The summed E-state index contributed by atoms with van der Waals surface area (Å²) in [6, 6.07) is 4.11. The largest absolute Gasteiger partial charge is 0.481 e. The van der Waals surface area contributed by atoms with E-state index in [2.05, 4.69) is 11.4 Å². The number of carbonyl (C=O) groups excluding carboxylic acids is 1. The molecule has 0 bridgehead atoms. The Morgan fingerprint density at radius 3 is 2.60 bits per heavy atom. The molecule has 0 radical (unpaired) electrons. The van der Waals surface area contributed by atoms with Gasteiger partial charge in [0.15, 0.2) is 0 Å². The van der Waals surface area contributed by atoms with Gasteiger partial charge in [-0.1, -0.05) is 24.6 Å². The summed E-state index contributed by atoms with van der Waals surface area (Å²) in [4.78, 5) is 22.7. The van der Waals surface area contributed by atoms with Gasteiger partial charge in [-0.2, -0.15) is 10.5 Å². The molecule has 0 aromatic carbocycles. The molecule has 0 aromatic heterocycles. The van der Waals surface area contributed by atoms with Crippen LogP contribution in [0.1, 0.15) is 25.7 Å². The van der Waals surface area contributed by atoms with Gasteiger partial charge in [0.1, 0.15) is 5.92 Å². The van der Waals surface area contributed by atoms with Crippen LogP contribution in [0.3, 0.4) is 0 Å². The zero-order valence-corrected chi connectivity index (χ0v) is 11.5. The van der Waals surface area contributed by atoms with E-state index in [0.717, 1.165) is 24.6 Å². The van der Waals surface area contributed by atoms with Crippen LogP contribution in [-0.4, -0.2) is 22.7 Å². The summed E-state index contributed by atoms with van der Waals surface area (Å²) in [5.74, 6) is -2.54. The molecule has 0 saturated heterocycles. The first-order valence-corrected chi connectivity index (χ1v) is 7.23. The molecule has 1 amide bonds. The van der Waals surface area contributed by atoms with Gasteiger partial charge >= 0.3 is 5.97 Å². The van der Waals surface area contributed by atoms with E-state index >= 15 is 0 Å². The number of nitrogens with zero attached hydrogens (tertiary/aromatic N) is 2. The van der Waals surface area contributed by atoms with Crippen LogP contribution in [0.25, 0.3) is 0 Å². The number of nitriles is 2. The van der Waals surface area contributed by atoms with Gasteiger partial charge in [0.25, 0.3) is 0 Å². The first kappa shape index (κ1) is 14.4. The maximum absolute atomic E-state index is 12.1. The van der Waals surface area contributed by atoms with Crippen LogP contribution in [-0.2, 0) is 9.59 Å². The molecule has 104 valence electrons. The average Bonchev–Trinajstić information content (AvgIpc) is 2.86. The number of carboxylic acid groups (broad SMARTS) is 1. The Morgan fingerprint density at radius 1 is 1.45 bits per heavy atom. The summed E-state index contributed by atoms with van der Waals surface area (Å²) in [7, 11) is 0. The fourth-order valence-corrected chi connectivity index (χ4v) is 3.83. The van der Waals surface area contributed by atoms with Gasteiger partial charge < -0.3 is 10.4 Å². The fourth-order valence-electron chi connectivity index (χ4n) is 3.00. The molecule has 7 heteroatoms. The van der Waals surface area contributed by atoms with Crippen molar-refractivity contribution in [3.8, 4) is 12.1 Å². The smallest absolute Gasteiger partial charge is 0.313 e. The highest BCUT2D eigenvalue weighted by Crippen LogP contribution is 2.53. The molecule has 1 aliphatic heterocycles. The number of hydrogen-bond donors (Lipinski definition) is 2. The van der Waals surface area contributed by atoms with Crippen molar-refractivity contribution in [1.82, 2.24) is 5.32 Å². The number of allylic oxidation sites excluding steroid dienone is 1. The third kappa shape index (κ3) is 2.25. The quantitative estimate of drug-likeness (QED) is 0.811. The average molecular weight is 291 g/mol. The SMILES string of the molecule is N#CC1=C(SCC(=O)O)NC(=O)[C@@H](C#N)C12CCCC2. The molecule has 6 nitrogen and oxygen atoms in total. The van der Waals surface area contributed by atoms with E-state index in [1.165, 1.54) is 0 Å². The second kappa shape index (κ2) is 5.56. The van der Waals surface area contributed by atoms with E-state index in [4.69, 9.17) is 5.11 Å². The van der Waals surface area contributed by atoms with Gasteiger partial charge in [0.05, 0.1) is 28.5 Å². The van der Waals surface area contributed by atoms with Gasteiger partial charge in [0.2, 0.25) is 5.91 Å². The molecule has 2 rings (SSSR count). The molecule has 1 aliphatic carbocycles. The highest BCUT2D eigenvalue weighted by Gasteiger charge is 2.52. The van der Waals surface area contributed by atoms with Crippen LogP contribution < -0.4 is 5.32 Å². The minimum Gasteiger partial charge on any atom is -0.481 e. The summed E-state index contributed by atoms with van der Waals surface area (Å²) >= 11 is 0.931. The third-order valence-corrected chi connectivity index (χ3v) is 4.84. The lowest BCUT2D eigenvalue weighted by molar-refractivity contribution is -0.134. The highest BCUT2D eigenvalue weighted by atomic mass is 32.2.